The summed E-state index contributed by atoms with van der Waals surface area (Å²) in [5.41, 5.74) is 3.29. The van der Waals surface area contributed by atoms with E-state index in [1.54, 1.807) is 6.08 Å². The van der Waals surface area contributed by atoms with Gasteiger partial charge in [-0.25, -0.2) is 4.98 Å². The molecule has 3 rings (SSSR count). The van der Waals surface area contributed by atoms with E-state index in [9.17, 15) is 4.79 Å². The molecule has 19 heavy (non-hydrogen) atoms. The Balaban J connectivity index is 1.86. The number of nitrogens with zero attached hydrogens (tertiary/aromatic N) is 2. The van der Waals surface area contributed by atoms with E-state index in [2.05, 4.69) is 21.3 Å². The fourth-order valence-electron chi connectivity index (χ4n) is 2.70. The zero-order valence-corrected chi connectivity index (χ0v) is 10.8. The Kier molecular flexibility index (Phi) is 3.07. The number of imidazole rings is 1. The highest BCUT2D eigenvalue weighted by atomic mass is 16.1. The lowest BCUT2D eigenvalue weighted by atomic mass is 9.89. The molecule has 4 nitrogen and oxygen atoms in total. The summed E-state index contributed by atoms with van der Waals surface area (Å²) < 4.78 is 2.10. The molecule has 1 N–H and O–H groups in total. The summed E-state index contributed by atoms with van der Waals surface area (Å²) in [4.78, 5) is 16.7. The Hall–Kier alpha value is -2.10. The average Bonchev–Trinajstić information content (AvgIpc) is 2.82. The second kappa shape index (κ2) is 4.88. The van der Waals surface area contributed by atoms with Gasteiger partial charge in [-0.1, -0.05) is 12.1 Å². The van der Waals surface area contributed by atoms with Crippen molar-refractivity contribution in [1.29, 1.82) is 0 Å². The Labute approximate surface area is 112 Å². The summed E-state index contributed by atoms with van der Waals surface area (Å²) in [5, 5.41) is 2.89. The number of fused-ring (bicyclic) bond motifs is 3. The van der Waals surface area contributed by atoms with Crippen LogP contribution < -0.4 is 5.32 Å². The summed E-state index contributed by atoms with van der Waals surface area (Å²) in [6.45, 7) is 4.15. The van der Waals surface area contributed by atoms with Crippen LogP contribution in [0.25, 0.3) is 5.65 Å². The molecule has 1 unspecified atom stereocenters. The van der Waals surface area contributed by atoms with Gasteiger partial charge in [-0.05, 0) is 25.0 Å². The minimum atomic E-state index is 0.0487. The summed E-state index contributed by atoms with van der Waals surface area (Å²) in [7, 11) is 0. The van der Waals surface area contributed by atoms with Crippen molar-refractivity contribution in [2.45, 2.75) is 19.3 Å². The topological polar surface area (TPSA) is 46.4 Å². The van der Waals surface area contributed by atoms with Crippen LogP contribution in [0.2, 0.25) is 0 Å². The second-order valence-corrected chi connectivity index (χ2v) is 4.91. The van der Waals surface area contributed by atoms with Crippen LogP contribution in [0.5, 0.6) is 0 Å². The largest absolute Gasteiger partial charge is 0.352 e. The lowest BCUT2D eigenvalue weighted by Gasteiger charge is -2.20. The van der Waals surface area contributed by atoms with E-state index in [0.717, 1.165) is 30.6 Å². The summed E-state index contributed by atoms with van der Waals surface area (Å²) >= 11 is 0. The molecular weight excluding hydrogens is 238 g/mol. The van der Waals surface area contributed by atoms with Crippen LogP contribution in [-0.2, 0) is 17.6 Å². The third kappa shape index (κ3) is 2.14. The molecule has 98 valence electrons. The van der Waals surface area contributed by atoms with Crippen molar-refractivity contribution in [3.8, 4) is 0 Å². The van der Waals surface area contributed by atoms with Gasteiger partial charge in [0.1, 0.15) is 5.65 Å². The number of pyridine rings is 1. The van der Waals surface area contributed by atoms with Crippen LogP contribution in [0.3, 0.4) is 0 Å². The minimum absolute atomic E-state index is 0.0487. The van der Waals surface area contributed by atoms with Crippen molar-refractivity contribution in [2.75, 3.05) is 6.54 Å². The monoisotopic (exact) mass is 255 g/mol. The number of carbonyl (C=O) groups excluding carboxylic acids is 1. The van der Waals surface area contributed by atoms with Crippen molar-refractivity contribution < 1.29 is 4.79 Å². The Morgan fingerprint density at radius 2 is 2.47 bits per heavy atom. The van der Waals surface area contributed by atoms with E-state index in [-0.39, 0.29) is 11.8 Å². The third-order valence-corrected chi connectivity index (χ3v) is 3.67. The number of nitrogens with one attached hydrogen (secondary N) is 1. The third-order valence-electron chi connectivity index (χ3n) is 3.67. The Morgan fingerprint density at radius 1 is 1.58 bits per heavy atom. The highest BCUT2D eigenvalue weighted by molar-refractivity contribution is 5.79. The molecule has 0 aliphatic heterocycles. The standard InChI is InChI=1S/C15H17N3O/c1-2-8-16-15(19)11-6-7-12-13(10-11)18-9-4-3-5-14(18)17-12/h2-5,9,11H,1,6-8,10H2,(H,16,19). The maximum Gasteiger partial charge on any atom is 0.223 e. The molecule has 2 aromatic rings. The van der Waals surface area contributed by atoms with Crippen LogP contribution in [0.15, 0.2) is 37.1 Å². The normalized spacial score (nSPS) is 18.0. The van der Waals surface area contributed by atoms with Gasteiger partial charge in [0, 0.05) is 30.8 Å². The maximum absolute atomic E-state index is 12.0. The molecule has 4 heteroatoms. The average molecular weight is 255 g/mol. The maximum atomic E-state index is 12.0. The highest BCUT2D eigenvalue weighted by Gasteiger charge is 2.27. The molecule has 0 fully saturated rings. The quantitative estimate of drug-likeness (QED) is 0.849. The predicted molar refractivity (Wildman–Crippen MR) is 73.9 cm³/mol. The van der Waals surface area contributed by atoms with E-state index in [1.807, 2.05) is 24.4 Å². The van der Waals surface area contributed by atoms with Crippen molar-refractivity contribution in [3.05, 3.63) is 48.4 Å². The molecule has 1 aliphatic carbocycles. The van der Waals surface area contributed by atoms with Gasteiger partial charge in [-0.15, -0.1) is 6.58 Å². The number of hydrogen-bond acceptors (Lipinski definition) is 2. The summed E-state index contributed by atoms with van der Waals surface area (Å²) in [6, 6.07) is 5.99. The Bertz CT molecular complexity index is 629. The first kappa shape index (κ1) is 12.0. The second-order valence-electron chi connectivity index (χ2n) is 4.91. The van der Waals surface area contributed by atoms with E-state index < -0.39 is 0 Å². The first-order valence-electron chi connectivity index (χ1n) is 6.63. The first-order valence-corrected chi connectivity index (χ1v) is 6.63. The smallest absolute Gasteiger partial charge is 0.223 e. The van der Waals surface area contributed by atoms with Gasteiger partial charge in [0.25, 0.3) is 0 Å². The number of rotatable bonds is 3. The summed E-state index contributed by atoms with van der Waals surface area (Å²) in [5.74, 6) is 0.170. The molecule has 0 bridgehead atoms. The zero-order valence-electron chi connectivity index (χ0n) is 10.8. The van der Waals surface area contributed by atoms with Gasteiger partial charge in [-0.2, -0.15) is 0 Å². The van der Waals surface area contributed by atoms with Gasteiger partial charge >= 0.3 is 0 Å². The molecular formula is C15H17N3O. The van der Waals surface area contributed by atoms with E-state index >= 15 is 0 Å². The lowest BCUT2D eigenvalue weighted by molar-refractivity contribution is -0.125. The highest BCUT2D eigenvalue weighted by Crippen LogP contribution is 2.26. The van der Waals surface area contributed by atoms with Crippen LogP contribution in [0, 0.1) is 5.92 Å². The van der Waals surface area contributed by atoms with Gasteiger partial charge in [0.2, 0.25) is 5.91 Å². The molecule has 1 atom stereocenters. The molecule has 0 saturated heterocycles. The molecule has 2 aromatic heterocycles. The van der Waals surface area contributed by atoms with Crippen LogP contribution in [-0.4, -0.2) is 21.8 Å². The van der Waals surface area contributed by atoms with Gasteiger partial charge in [0.05, 0.1) is 5.69 Å². The fourth-order valence-corrected chi connectivity index (χ4v) is 2.70. The number of amides is 1. The van der Waals surface area contributed by atoms with Gasteiger partial charge in [0.15, 0.2) is 0 Å². The minimum Gasteiger partial charge on any atom is -0.352 e. The van der Waals surface area contributed by atoms with Crippen molar-refractivity contribution in [2.24, 2.45) is 5.92 Å². The van der Waals surface area contributed by atoms with Gasteiger partial charge < -0.3 is 9.72 Å². The van der Waals surface area contributed by atoms with E-state index in [1.165, 1.54) is 5.69 Å². The molecule has 0 aromatic carbocycles. The number of aryl methyl sites for hydroxylation is 1. The van der Waals surface area contributed by atoms with E-state index in [4.69, 9.17) is 0 Å². The number of aromatic nitrogens is 2. The number of hydrogen-bond donors (Lipinski definition) is 1. The van der Waals surface area contributed by atoms with Crippen molar-refractivity contribution in [3.63, 3.8) is 0 Å². The van der Waals surface area contributed by atoms with Gasteiger partial charge in [-0.3, -0.25) is 4.79 Å². The number of carbonyl (C=O) groups is 1. The first-order chi connectivity index (χ1) is 9.29. The van der Waals surface area contributed by atoms with Crippen molar-refractivity contribution in [1.82, 2.24) is 14.7 Å². The SMILES string of the molecule is C=CCNC(=O)C1CCc2nc3ccccn3c2C1. The van der Waals surface area contributed by atoms with Crippen LogP contribution in [0.4, 0.5) is 0 Å². The molecule has 0 radical (unpaired) electrons. The fraction of sp³-hybridized carbons (Fsp3) is 0.333. The van der Waals surface area contributed by atoms with Crippen LogP contribution in [0.1, 0.15) is 17.8 Å². The Morgan fingerprint density at radius 3 is 3.32 bits per heavy atom. The zero-order chi connectivity index (χ0) is 13.2. The van der Waals surface area contributed by atoms with Crippen molar-refractivity contribution >= 4 is 11.6 Å². The van der Waals surface area contributed by atoms with Crippen LogP contribution >= 0.6 is 0 Å². The predicted octanol–water partition coefficient (Wildman–Crippen LogP) is 1.74. The molecule has 1 aliphatic rings. The molecule has 0 saturated carbocycles. The molecule has 0 spiro atoms. The molecule has 2 heterocycles. The summed E-state index contributed by atoms with van der Waals surface area (Å²) in [6.07, 6.45) is 6.25. The lowest BCUT2D eigenvalue weighted by Crippen LogP contribution is -2.34. The van der Waals surface area contributed by atoms with E-state index in [0.29, 0.717) is 6.54 Å². The molecule has 1 amide bonds.